The minimum Gasteiger partial charge on any atom is -0.465 e. The number of nitrogens with one attached hydrogen (secondary N) is 1. The van der Waals surface area contributed by atoms with E-state index in [0.717, 1.165) is 22.3 Å². The van der Waals surface area contributed by atoms with Crippen LogP contribution in [0.1, 0.15) is 38.3 Å². The lowest BCUT2D eigenvalue weighted by Crippen LogP contribution is -2.50. The quantitative estimate of drug-likeness (QED) is 0.329. The lowest BCUT2D eigenvalue weighted by molar-refractivity contribution is -0.150. The van der Waals surface area contributed by atoms with Gasteiger partial charge >= 0.3 is 11.9 Å². The molecule has 0 heterocycles. The molecule has 190 valence electrons. The van der Waals surface area contributed by atoms with Gasteiger partial charge in [-0.25, -0.2) is 4.39 Å². The van der Waals surface area contributed by atoms with Crippen molar-refractivity contribution in [2.45, 2.75) is 52.3 Å². The number of benzene rings is 3. The summed E-state index contributed by atoms with van der Waals surface area (Å²) in [6, 6.07) is 22.2. The van der Waals surface area contributed by atoms with E-state index >= 15 is 0 Å². The molecule has 0 bridgehead atoms. The van der Waals surface area contributed by atoms with Gasteiger partial charge in [-0.1, -0.05) is 80.6 Å². The summed E-state index contributed by atoms with van der Waals surface area (Å²) >= 11 is 0. The first-order valence-electron chi connectivity index (χ1n) is 12.3. The van der Waals surface area contributed by atoms with E-state index in [1.807, 2.05) is 68.4 Å². The first kappa shape index (κ1) is 27.1. The fraction of sp³-hybridized carbons (Fsp3) is 0.333. The van der Waals surface area contributed by atoms with Crippen molar-refractivity contribution in [3.8, 4) is 11.1 Å². The maximum absolute atomic E-state index is 13.2. The maximum atomic E-state index is 13.2. The molecule has 2 unspecified atom stereocenters. The first-order chi connectivity index (χ1) is 17.4. The van der Waals surface area contributed by atoms with Crippen LogP contribution >= 0.6 is 0 Å². The topological polar surface area (TPSA) is 64.6 Å². The standard InChI is InChI=1S/C30H34FNO4/c1-4-35-29(33)28(19-22-10-12-24(13-11-22)25-14-16-26(31)17-15-25)32-27(18-21(2)3)30(34)36-20-23-8-6-5-7-9-23/h5-17,21,27-28,32H,4,18-20H2,1-3H3. The lowest BCUT2D eigenvalue weighted by atomic mass is 9.98. The molecule has 3 rings (SSSR count). The third-order valence-electron chi connectivity index (χ3n) is 5.76. The average Bonchev–Trinajstić information content (AvgIpc) is 2.88. The van der Waals surface area contributed by atoms with Crippen molar-refractivity contribution in [2.24, 2.45) is 5.92 Å². The van der Waals surface area contributed by atoms with Crippen molar-refractivity contribution in [3.05, 3.63) is 95.8 Å². The molecule has 0 fully saturated rings. The Kier molecular flexibility index (Phi) is 10.2. The minimum absolute atomic E-state index is 0.171. The Labute approximate surface area is 212 Å². The lowest BCUT2D eigenvalue weighted by Gasteiger charge is -2.25. The van der Waals surface area contributed by atoms with Gasteiger partial charge in [0.15, 0.2) is 0 Å². The summed E-state index contributed by atoms with van der Waals surface area (Å²) in [4.78, 5) is 25.8. The van der Waals surface area contributed by atoms with Crippen LogP contribution in [0.3, 0.4) is 0 Å². The highest BCUT2D eigenvalue weighted by atomic mass is 19.1. The van der Waals surface area contributed by atoms with Gasteiger partial charge in [-0.3, -0.25) is 14.9 Å². The van der Waals surface area contributed by atoms with Crippen LogP contribution in [0.4, 0.5) is 4.39 Å². The Hall–Kier alpha value is -3.51. The molecule has 6 heteroatoms. The number of carbonyl (C=O) groups is 2. The molecule has 0 radical (unpaired) electrons. The summed E-state index contributed by atoms with van der Waals surface area (Å²) in [5.41, 5.74) is 3.66. The molecule has 3 aromatic rings. The molecule has 0 aliphatic rings. The number of hydrogen-bond donors (Lipinski definition) is 1. The van der Waals surface area contributed by atoms with E-state index in [4.69, 9.17) is 9.47 Å². The molecule has 0 saturated heterocycles. The number of esters is 2. The molecule has 3 aromatic carbocycles. The third-order valence-corrected chi connectivity index (χ3v) is 5.76. The van der Waals surface area contributed by atoms with Crippen LogP contribution in [0.25, 0.3) is 11.1 Å². The molecule has 0 spiro atoms. The molecule has 2 atom stereocenters. The summed E-state index contributed by atoms with van der Waals surface area (Å²) in [6.45, 7) is 6.21. The molecule has 0 amide bonds. The van der Waals surface area contributed by atoms with Gasteiger partial charge in [-0.2, -0.15) is 0 Å². The van der Waals surface area contributed by atoms with Crippen molar-refractivity contribution in [1.29, 1.82) is 0 Å². The van der Waals surface area contributed by atoms with E-state index in [9.17, 15) is 14.0 Å². The van der Waals surface area contributed by atoms with Crippen molar-refractivity contribution >= 4 is 11.9 Å². The second-order valence-corrected chi connectivity index (χ2v) is 9.15. The largest absolute Gasteiger partial charge is 0.465 e. The fourth-order valence-corrected chi connectivity index (χ4v) is 3.94. The van der Waals surface area contributed by atoms with Crippen LogP contribution in [0.2, 0.25) is 0 Å². The number of rotatable bonds is 12. The summed E-state index contributed by atoms with van der Waals surface area (Å²) in [6.07, 6.45) is 0.871. The number of carbonyl (C=O) groups excluding carboxylic acids is 2. The van der Waals surface area contributed by atoms with Crippen molar-refractivity contribution < 1.29 is 23.5 Å². The normalized spacial score (nSPS) is 12.7. The van der Waals surface area contributed by atoms with E-state index in [1.165, 1.54) is 12.1 Å². The second-order valence-electron chi connectivity index (χ2n) is 9.15. The zero-order chi connectivity index (χ0) is 25.9. The monoisotopic (exact) mass is 491 g/mol. The van der Waals surface area contributed by atoms with Gasteiger partial charge in [-0.05, 0) is 60.1 Å². The second kappa shape index (κ2) is 13.5. The van der Waals surface area contributed by atoms with Crippen molar-refractivity contribution in [3.63, 3.8) is 0 Å². The predicted molar refractivity (Wildman–Crippen MR) is 139 cm³/mol. The highest BCUT2D eigenvalue weighted by molar-refractivity contribution is 5.80. The number of ether oxygens (including phenoxy) is 2. The van der Waals surface area contributed by atoms with Gasteiger partial charge in [-0.15, -0.1) is 0 Å². The summed E-state index contributed by atoms with van der Waals surface area (Å²) in [5.74, 6) is -0.875. The fourth-order valence-electron chi connectivity index (χ4n) is 3.94. The molecule has 1 N–H and O–H groups in total. The highest BCUT2D eigenvalue weighted by Crippen LogP contribution is 2.21. The van der Waals surface area contributed by atoms with Crippen LogP contribution < -0.4 is 5.32 Å². The SMILES string of the molecule is CCOC(=O)C(Cc1ccc(-c2ccc(F)cc2)cc1)NC(CC(C)C)C(=O)OCc1ccccc1. The Balaban J connectivity index is 1.72. The minimum atomic E-state index is -0.713. The molecule has 0 saturated carbocycles. The molecular formula is C30H34FNO4. The van der Waals surface area contributed by atoms with Crippen LogP contribution in [-0.2, 0) is 32.1 Å². The average molecular weight is 492 g/mol. The summed E-state index contributed by atoms with van der Waals surface area (Å²) in [5, 5.41) is 3.22. The maximum Gasteiger partial charge on any atom is 0.323 e. The van der Waals surface area contributed by atoms with E-state index in [1.54, 1.807) is 19.1 Å². The Morgan fingerprint density at radius 2 is 1.36 bits per heavy atom. The smallest absolute Gasteiger partial charge is 0.323 e. The zero-order valence-electron chi connectivity index (χ0n) is 21.1. The Bertz CT molecular complexity index is 1100. The predicted octanol–water partition coefficient (Wildman–Crippen LogP) is 5.71. The van der Waals surface area contributed by atoms with Gasteiger partial charge in [0, 0.05) is 0 Å². The van der Waals surface area contributed by atoms with E-state index in [2.05, 4.69) is 5.32 Å². The molecule has 0 aliphatic carbocycles. The van der Waals surface area contributed by atoms with Gasteiger partial charge in [0.25, 0.3) is 0 Å². The molecule has 0 aliphatic heterocycles. The summed E-state index contributed by atoms with van der Waals surface area (Å²) < 4.78 is 24.1. The zero-order valence-corrected chi connectivity index (χ0v) is 21.1. The van der Waals surface area contributed by atoms with Crippen molar-refractivity contribution in [1.82, 2.24) is 5.32 Å². The van der Waals surface area contributed by atoms with E-state index in [-0.39, 0.29) is 24.9 Å². The van der Waals surface area contributed by atoms with Crippen LogP contribution in [0.5, 0.6) is 0 Å². The third kappa shape index (κ3) is 8.31. The highest BCUT2D eigenvalue weighted by Gasteiger charge is 2.29. The van der Waals surface area contributed by atoms with Gasteiger partial charge < -0.3 is 9.47 Å². The number of hydrogen-bond acceptors (Lipinski definition) is 5. The van der Waals surface area contributed by atoms with Crippen molar-refractivity contribution in [2.75, 3.05) is 6.61 Å². The van der Waals surface area contributed by atoms with Gasteiger partial charge in [0.2, 0.25) is 0 Å². The van der Waals surface area contributed by atoms with Crippen LogP contribution in [-0.4, -0.2) is 30.6 Å². The molecule has 36 heavy (non-hydrogen) atoms. The van der Waals surface area contributed by atoms with Crippen LogP contribution in [0.15, 0.2) is 78.9 Å². The summed E-state index contributed by atoms with van der Waals surface area (Å²) in [7, 11) is 0. The van der Waals surface area contributed by atoms with Crippen LogP contribution in [0, 0.1) is 11.7 Å². The first-order valence-corrected chi connectivity index (χ1v) is 12.3. The Morgan fingerprint density at radius 3 is 1.94 bits per heavy atom. The molecule has 0 aromatic heterocycles. The Morgan fingerprint density at radius 1 is 0.778 bits per heavy atom. The van der Waals surface area contributed by atoms with E-state index in [0.29, 0.717) is 12.8 Å². The molecular weight excluding hydrogens is 457 g/mol. The van der Waals surface area contributed by atoms with E-state index < -0.39 is 24.0 Å². The number of halogens is 1. The molecule has 5 nitrogen and oxygen atoms in total. The van der Waals surface area contributed by atoms with Gasteiger partial charge in [0.1, 0.15) is 24.5 Å². The van der Waals surface area contributed by atoms with Gasteiger partial charge in [0.05, 0.1) is 6.61 Å².